The minimum Gasteiger partial charge on any atom is -0.314 e. The molecule has 0 spiro atoms. The van der Waals surface area contributed by atoms with E-state index < -0.39 is 0 Å². The zero-order valence-corrected chi connectivity index (χ0v) is 12.1. The summed E-state index contributed by atoms with van der Waals surface area (Å²) in [7, 11) is 0. The van der Waals surface area contributed by atoms with Gasteiger partial charge in [0.05, 0.1) is 0 Å². The fourth-order valence-electron chi connectivity index (χ4n) is 2.69. The Morgan fingerprint density at radius 3 is 2.74 bits per heavy atom. The van der Waals surface area contributed by atoms with Crippen molar-refractivity contribution in [3.05, 3.63) is 48.0 Å². The van der Waals surface area contributed by atoms with Gasteiger partial charge in [-0.15, -0.1) is 12.4 Å². The second kappa shape index (κ2) is 6.38. The predicted octanol–water partition coefficient (Wildman–Crippen LogP) is 3.06. The molecular weight excluding hydrogens is 256 g/mol. The lowest BCUT2D eigenvalue weighted by molar-refractivity contribution is 0.166. The second-order valence-corrected chi connectivity index (χ2v) is 5.21. The Hall–Kier alpha value is -1.09. The van der Waals surface area contributed by atoms with E-state index in [1.165, 1.54) is 16.3 Å². The highest BCUT2D eigenvalue weighted by Gasteiger charge is 2.17. The number of hydrogen-bond donors (Lipinski definition) is 1. The Balaban J connectivity index is 0.00000133. The van der Waals surface area contributed by atoms with E-state index in [0.717, 1.165) is 26.2 Å². The molecule has 3 heteroatoms. The van der Waals surface area contributed by atoms with Gasteiger partial charge in [0.2, 0.25) is 0 Å². The van der Waals surface area contributed by atoms with Gasteiger partial charge in [0.1, 0.15) is 0 Å². The molecule has 1 heterocycles. The first kappa shape index (κ1) is 14.3. The maximum Gasteiger partial charge on any atom is 0.0237 e. The maximum atomic E-state index is 3.44. The third-order valence-electron chi connectivity index (χ3n) is 3.84. The molecule has 1 aliphatic rings. The lowest BCUT2D eigenvalue weighted by Gasteiger charge is -2.33. The Morgan fingerprint density at radius 2 is 1.95 bits per heavy atom. The molecule has 3 rings (SSSR count). The molecule has 1 aliphatic heterocycles. The van der Waals surface area contributed by atoms with Crippen LogP contribution in [0.1, 0.15) is 12.5 Å². The average molecular weight is 277 g/mol. The standard InChI is InChI=1S/C16H20N2.ClH/c1-13-11-17-8-9-18(13)12-14-6-7-15-4-2-3-5-16(15)10-14;/h2-7,10,13,17H,8-9,11-12H2,1H3;1H/t13-;/m0./s1. The first-order chi connectivity index (χ1) is 8.83. The molecule has 2 aromatic carbocycles. The lowest BCUT2D eigenvalue weighted by atomic mass is 10.1. The molecule has 102 valence electrons. The number of fused-ring (bicyclic) bond motifs is 1. The van der Waals surface area contributed by atoms with Crippen molar-refractivity contribution in [3.8, 4) is 0 Å². The van der Waals surface area contributed by atoms with Crippen LogP contribution >= 0.6 is 12.4 Å². The van der Waals surface area contributed by atoms with E-state index in [4.69, 9.17) is 0 Å². The van der Waals surface area contributed by atoms with Crippen LogP contribution in [-0.2, 0) is 6.54 Å². The summed E-state index contributed by atoms with van der Waals surface area (Å²) in [5, 5.41) is 6.11. The van der Waals surface area contributed by atoms with Gasteiger partial charge >= 0.3 is 0 Å². The average Bonchev–Trinajstić information content (AvgIpc) is 2.41. The second-order valence-electron chi connectivity index (χ2n) is 5.21. The Bertz CT molecular complexity index is 541. The monoisotopic (exact) mass is 276 g/mol. The molecule has 19 heavy (non-hydrogen) atoms. The molecule has 0 aliphatic carbocycles. The zero-order valence-electron chi connectivity index (χ0n) is 11.3. The third kappa shape index (κ3) is 3.27. The summed E-state index contributed by atoms with van der Waals surface area (Å²) in [5.41, 5.74) is 1.42. The van der Waals surface area contributed by atoms with Crippen molar-refractivity contribution in [1.82, 2.24) is 10.2 Å². The molecule has 2 nitrogen and oxygen atoms in total. The molecule has 1 fully saturated rings. The van der Waals surface area contributed by atoms with Crippen molar-refractivity contribution in [1.29, 1.82) is 0 Å². The first-order valence-electron chi connectivity index (χ1n) is 6.75. The summed E-state index contributed by atoms with van der Waals surface area (Å²) in [6.45, 7) is 6.72. The van der Waals surface area contributed by atoms with Crippen LogP contribution in [0.15, 0.2) is 42.5 Å². The summed E-state index contributed by atoms with van der Waals surface area (Å²) in [6.07, 6.45) is 0. The molecule has 0 bridgehead atoms. The molecule has 0 saturated carbocycles. The van der Waals surface area contributed by atoms with Gasteiger partial charge in [0.15, 0.2) is 0 Å². The zero-order chi connectivity index (χ0) is 12.4. The largest absolute Gasteiger partial charge is 0.314 e. The van der Waals surface area contributed by atoms with E-state index in [2.05, 4.69) is 59.6 Å². The fourth-order valence-corrected chi connectivity index (χ4v) is 2.69. The summed E-state index contributed by atoms with van der Waals surface area (Å²) >= 11 is 0. The molecule has 1 saturated heterocycles. The number of halogens is 1. The van der Waals surface area contributed by atoms with Crippen molar-refractivity contribution in [2.75, 3.05) is 19.6 Å². The van der Waals surface area contributed by atoms with E-state index in [-0.39, 0.29) is 12.4 Å². The van der Waals surface area contributed by atoms with Crippen LogP contribution in [0, 0.1) is 0 Å². The fraction of sp³-hybridized carbons (Fsp3) is 0.375. The first-order valence-corrected chi connectivity index (χ1v) is 6.75. The predicted molar refractivity (Wildman–Crippen MR) is 83.9 cm³/mol. The number of rotatable bonds is 2. The van der Waals surface area contributed by atoms with Gasteiger partial charge in [-0.25, -0.2) is 0 Å². The number of hydrogen-bond acceptors (Lipinski definition) is 2. The van der Waals surface area contributed by atoms with E-state index >= 15 is 0 Å². The number of nitrogens with zero attached hydrogens (tertiary/aromatic N) is 1. The van der Waals surface area contributed by atoms with E-state index in [1.54, 1.807) is 0 Å². The number of nitrogens with one attached hydrogen (secondary N) is 1. The van der Waals surface area contributed by atoms with Gasteiger partial charge in [-0.1, -0.05) is 36.4 Å². The summed E-state index contributed by atoms with van der Waals surface area (Å²) in [6, 6.07) is 16.0. The van der Waals surface area contributed by atoms with Crippen LogP contribution in [0.3, 0.4) is 0 Å². The van der Waals surface area contributed by atoms with E-state index in [0.29, 0.717) is 6.04 Å². The van der Waals surface area contributed by atoms with E-state index in [1.807, 2.05) is 0 Å². The van der Waals surface area contributed by atoms with Crippen LogP contribution in [-0.4, -0.2) is 30.6 Å². The highest BCUT2D eigenvalue weighted by Crippen LogP contribution is 2.18. The van der Waals surface area contributed by atoms with Crippen LogP contribution < -0.4 is 5.32 Å². The van der Waals surface area contributed by atoms with Crippen molar-refractivity contribution in [3.63, 3.8) is 0 Å². The van der Waals surface area contributed by atoms with Crippen molar-refractivity contribution < 1.29 is 0 Å². The van der Waals surface area contributed by atoms with Gasteiger partial charge in [-0.05, 0) is 29.3 Å². The van der Waals surface area contributed by atoms with Crippen molar-refractivity contribution in [2.24, 2.45) is 0 Å². The smallest absolute Gasteiger partial charge is 0.0237 e. The Morgan fingerprint density at radius 1 is 1.16 bits per heavy atom. The van der Waals surface area contributed by atoms with Crippen molar-refractivity contribution >= 4 is 23.2 Å². The molecule has 1 atom stereocenters. The van der Waals surface area contributed by atoms with Crippen LogP contribution in [0.2, 0.25) is 0 Å². The third-order valence-corrected chi connectivity index (χ3v) is 3.84. The lowest BCUT2D eigenvalue weighted by Crippen LogP contribution is -2.49. The summed E-state index contributed by atoms with van der Waals surface area (Å²) in [4.78, 5) is 2.56. The SMILES string of the molecule is C[C@H]1CNCCN1Cc1ccc2ccccc2c1.Cl. The van der Waals surface area contributed by atoms with Gasteiger partial charge in [-0.2, -0.15) is 0 Å². The molecule has 1 N–H and O–H groups in total. The van der Waals surface area contributed by atoms with E-state index in [9.17, 15) is 0 Å². The minimum atomic E-state index is 0. The Kier molecular flexibility index (Phi) is 4.81. The van der Waals surface area contributed by atoms with Crippen molar-refractivity contribution in [2.45, 2.75) is 19.5 Å². The topological polar surface area (TPSA) is 15.3 Å². The van der Waals surface area contributed by atoms with Crippen LogP contribution in [0.5, 0.6) is 0 Å². The van der Waals surface area contributed by atoms with Crippen LogP contribution in [0.25, 0.3) is 10.8 Å². The molecule has 0 radical (unpaired) electrons. The van der Waals surface area contributed by atoms with Gasteiger partial charge in [-0.3, -0.25) is 4.90 Å². The quantitative estimate of drug-likeness (QED) is 0.907. The van der Waals surface area contributed by atoms with Gasteiger partial charge < -0.3 is 5.32 Å². The highest BCUT2D eigenvalue weighted by molar-refractivity contribution is 5.85. The normalized spacial score (nSPS) is 20.2. The summed E-state index contributed by atoms with van der Waals surface area (Å²) in [5.74, 6) is 0. The number of piperazine rings is 1. The molecule has 0 amide bonds. The molecule has 0 unspecified atom stereocenters. The molecular formula is C16H21ClN2. The van der Waals surface area contributed by atoms with Crippen LogP contribution in [0.4, 0.5) is 0 Å². The summed E-state index contributed by atoms with van der Waals surface area (Å²) < 4.78 is 0. The molecule has 0 aromatic heterocycles. The highest BCUT2D eigenvalue weighted by atomic mass is 35.5. The minimum absolute atomic E-state index is 0. The molecule has 2 aromatic rings. The maximum absolute atomic E-state index is 3.44. The Labute approximate surface area is 121 Å². The van der Waals surface area contributed by atoms with Gasteiger partial charge in [0, 0.05) is 32.2 Å². The van der Waals surface area contributed by atoms with Gasteiger partial charge in [0.25, 0.3) is 0 Å². The number of benzene rings is 2.